The first-order chi connectivity index (χ1) is 14.2. The maximum absolute atomic E-state index is 11.9. The summed E-state index contributed by atoms with van der Waals surface area (Å²) in [6.07, 6.45) is 0. The Hall–Kier alpha value is -3.61. The lowest BCUT2D eigenvalue weighted by atomic mass is 10.1. The van der Waals surface area contributed by atoms with E-state index < -0.39 is 0 Å². The Morgan fingerprint density at radius 3 is 2.45 bits per heavy atom. The summed E-state index contributed by atoms with van der Waals surface area (Å²) >= 11 is 0. The average molecular weight is 392 g/mol. The van der Waals surface area contributed by atoms with Crippen LogP contribution in [0.2, 0.25) is 0 Å². The number of rotatable bonds is 8. The van der Waals surface area contributed by atoms with Gasteiger partial charge in [0.05, 0.1) is 18.8 Å². The van der Waals surface area contributed by atoms with Gasteiger partial charge in [-0.25, -0.2) is 4.79 Å². The van der Waals surface area contributed by atoms with Gasteiger partial charge >= 0.3 is 6.03 Å². The van der Waals surface area contributed by atoms with E-state index in [2.05, 4.69) is 20.8 Å². The van der Waals surface area contributed by atoms with Gasteiger partial charge in [0.1, 0.15) is 12.4 Å². The Morgan fingerprint density at radius 1 is 0.966 bits per heavy atom. The molecular formula is C22H24N4O3. The number of carbonyl (C=O) groups is 1. The van der Waals surface area contributed by atoms with Crippen LogP contribution < -0.4 is 20.1 Å². The molecule has 2 N–H and O–H groups in total. The summed E-state index contributed by atoms with van der Waals surface area (Å²) in [6, 6.07) is 18.6. The van der Waals surface area contributed by atoms with Gasteiger partial charge in [-0.15, -0.1) is 10.2 Å². The predicted octanol–water partition coefficient (Wildman–Crippen LogP) is 4.05. The molecule has 150 valence electrons. The number of nitrogens with zero attached hydrogens (tertiary/aromatic N) is 2. The highest BCUT2D eigenvalue weighted by Crippen LogP contribution is 2.21. The molecule has 0 spiro atoms. The third-order valence-corrected chi connectivity index (χ3v) is 4.13. The second-order valence-corrected chi connectivity index (χ2v) is 6.26. The van der Waals surface area contributed by atoms with Crippen molar-refractivity contribution in [3.05, 3.63) is 66.2 Å². The van der Waals surface area contributed by atoms with Crippen LogP contribution in [0.25, 0.3) is 11.3 Å². The highest BCUT2D eigenvalue weighted by atomic mass is 16.5. The number of anilines is 1. The molecule has 0 bridgehead atoms. The van der Waals surface area contributed by atoms with Crippen molar-refractivity contribution in [3.63, 3.8) is 0 Å². The molecule has 0 aliphatic carbocycles. The maximum atomic E-state index is 11.9. The van der Waals surface area contributed by atoms with Crippen LogP contribution in [-0.4, -0.2) is 36.0 Å². The van der Waals surface area contributed by atoms with E-state index in [1.165, 1.54) is 0 Å². The molecule has 0 saturated heterocycles. The number of amides is 2. The molecule has 0 atom stereocenters. The number of aromatic nitrogens is 2. The van der Waals surface area contributed by atoms with Gasteiger partial charge < -0.3 is 20.1 Å². The van der Waals surface area contributed by atoms with Gasteiger partial charge in [-0.2, -0.15) is 0 Å². The number of nitrogens with one attached hydrogen (secondary N) is 2. The van der Waals surface area contributed by atoms with Gasteiger partial charge in [0.2, 0.25) is 5.88 Å². The number of carbonyl (C=O) groups excluding carboxylic acids is 1. The van der Waals surface area contributed by atoms with Crippen molar-refractivity contribution >= 4 is 11.7 Å². The fraction of sp³-hybridized carbons (Fsp3) is 0.227. The first-order valence-corrected chi connectivity index (χ1v) is 9.46. The monoisotopic (exact) mass is 392 g/mol. The topological polar surface area (TPSA) is 85.4 Å². The van der Waals surface area contributed by atoms with Crippen molar-refractivity contribution in [2.75, 3.05) is 25.1 Å². The van der Waals surface area contributed by atoms with Crippen LogP contribution in [0.3, 0.4) is 0 Å². The SMILES string of the molecule is CCOc1ccc(-c2ccc(OCCNC(=O)Nc3ccccc3C)nn2)cc1. The van der Waals surface area contributed by atoms with Crippen LogP contribution in [0.5, 0.6) is 11.6 Å². The molecular weight excluding hydrogens is 368 g/mol. The van der Waals surface area contributed by atoms with Crippen LogP contribution in [0.4, 0.5) is 10.5 Å². The van der Waals surface area contributed by atoms with Crippen LogP contribution in [0.1, 0.15) is 12.5 Å². The lowest BCUT2D eigenvalue weighted by Crippen LogP contribution is -2.32. The van der Waals surface area contributed by atoms with Crippen LogP contribution in [0.15, 0.2) is 60.7 Å². The third-order valence-electron chi connectivity index (χ3n) is 4.13. The highest BCUT2D eigenvalue weighted by molar-refractivity contribution is 5.89. The van der Waals surface area contributed by atoms with Crippen LogP contribution in [-0.2, 0) is 0 Å². The van der Waals surface area contributed by atoms with Gasteiger partial charge in [0.25, 0.3) is 0 Å². The number of ether oxygens (including phenoxy) is 2. The second-order valence-electron chi connectivity index (χ2n) is 6.26. The van der Waals surface area contributed by atoms with E-state index in [9.17, 15) is 4.79 Å². The normalized spacial score (nSPS) is 10.3. The minimum absolute atomic E-state index is 0.278. The summed E-state index contributed by atoms with van der Waals surface area (Å²) in [5.74, 6) is 1.23. The van der Waals surface area contributed by atoms with Gasteiger partial charge in [0.15, 0.2) is 0 Å². The van der Waals surface area contributed by atoms with Crippen molar-refractivity contribution in [1.82, 2.24) is 15.5 Å². The number of benzene rings is 2. The minimum atomic E-state index is -0.278. The van der Waals surface area contributed by atoms with Gasteiger partial charge in [0, 0.05) is 17.3 Å². The third kappa shape index (κ3) is 5.93. The number of para-hydroxylation sites is 1. The van der Waals surface area contributed by atoms with Crippen molar-refractivity contribution in [1.29, 1.82) is 0 Å². The van der Waals surface area contributed by atoms with E-state index in [1.807, 2.05) is 68.4 Å². The molecule has 7 heteroatoms. The molecule has 7 nitrogen and oxygen atoms in total. The van der Waals surface area contributed by atoms with Crippen LogP contribution >= 0.6 is 0 Å². The first-order valence-electron chi connectivity index (χ1n) is 9.46. The van der Waals surface area contributed by atoms with E-state index >= 15 is 0 Å². The zero-order valence-electron chi connectivity index (χ0n) is 16.5. The number of hydrogen-bond donors (Lipinski definition) is 2. The van der Waals surface area contributed by atoms with E-state index in [0.717, 1.165) is 28.3 Å². The van der Waals surface area contributed by atoms with Crippen LogP contribution in [0, 0.1) is 6.92 Å². The van der Waals surface area contributed by atoms with E-state index in [1.54, 1.807) is 6.07 Å². The molecule has 0 fully saturated rings. The molecule has 2 amide bonds. The zero-order chi connectivity index (χ0) is 20.5. The Balaban J connectivity index is 1.43. The molecule has 3 rings (SSSR count). The van der Waals surface area contributed by atoms with Crippen molar-refractivity contribution in [2.24, 2.45) is 0 Å². The molecule has 1 aromatic heterocycles. The molecule has 0 saturated carbocycles. The number of aryl methyl sites for hydroxylation is 1. The van der Waals surface area contributed by atoms with E-state index in [4.69, 9.17) is 9.47 Å². The molecule has 2 aromatic carbocycles. The van der Waals surface area contributed by atoms with Crippen molar-refractivity contribution in [2.45, 2.75) is 13.8 Å². The smallest absolute Gasteiger partial charge is 0.319 e. The van der Waals surface area contributed by atoms with Crippen molar-refractivity contribution in [3.8, 4) is 22.9 Å². The summed E-state index contributed by atoms with van der Waals surface area (Å²) in [5.41, 5.74) is 3.47. The van der Waals surface area contributed by atoms with E-state index in [0.29, 0.717) is 19.0 Å². The minimum Gasteiger partial charge on any atom is -0.494 e. The van der Waals surface area contributed by atoms with Gasteiger partial charge in [-0.1, -0.05) is 18.2 Å². The summed E-state index contributed by atoms with van der Waals surface area (Å²) in [5, 5.41) is 13.8. The van der Waals surface area contributed by atoms with Gasteiger partial charge in [-0.3, -0.25) is 0 Å². The fourth-order valence-corrected chi connectivity index (χ4v) is 2.64. The predicted molar refractivity (Wildman–Crippen MR) is 112 cm³/mol. The molecule has 0 aliphatic rings. The molecule has 0 unspecified atom stereocenters. The second kappa shape index (κ2) is 10.1. The lowest BCUT2D eigenvalue weighted by molar-refractivity contribution is 0.246. The summed E-state index contributed by atoms with van der Waals surface area (Å²) in [4.78, 5) is 11.9. The largest absolute Gasteiger partial charge is 0.494 e. The Labute approximate surface area is 170 Å². The average Bonchev–Trinajstić information content (AvgIpc) is 2.74. The fourth-order valence-electron chi connectivity index (χ4n) is 2.64. The first kappa shape index (κ1) is 20.1. The standard InChI is InChI=1S/C22H24N4O3/c1-3-28-18-10-8-17(9-11-18)20-12-13-21(26-25-20)29-15-14-23-22(27)24-19-7-5-4-6-16(19)2/h4-13H,3,14-15H2,1-2H3,(H2,23,24,27). The summed E-state index contributed by atoms with van der Waals surface area (Å²) in [7, 11) is 0. The van der Waals surface area contributed by atoms with Crippen molar-refractivity contribution < 1.29 is 14.3 Å². The zero-order valence-corrected chi connectivity index (χ0v) is 16.5. The Morgan fingerprint density at radius 2 is 1.76 bits per heavy atom. The number of urea groups is 1. The lowest BCUT2D eigenvalue weighted by Gasteiger charge is -2.10. The maximum Gasteiger partial charge on any atom is 0.319 e. The molecule has 0 radical (unpaired) electrons. The quantitative estimate of drug-likeness (QED) is 0.565. The Bertz CT molecular complexity index is 928. The molecule has 0 aliphatic heterocycles. The highest BCUT2D eigenvalue weighted by Gasteiger charge is 2.05. The number of hydrogen-bond acceptors (Lipinski definition) is 5. The van der Waals surface area contributed by atoms with Gasteiger partial charge in [-0.05, 0) is 55.8 Å². The molecule has 3 aromatic rings. The molecule has 1 heterocycles. The summed E-state index contributed by atoms with van der Waals surface area (Å²) in [6.45, 7) is 5.16. The van der Waals surface area contributed by atoms with E-state index in [-0.39, 0.29) is 12.6 Å². The Kier molecular flexibility index (Phi) is 7.00. The summed E-state index contributed by atoms with van der Waals surface area (Å²) < 4.78 is 11.0. The molecule has 29 heavy (non-hydrogen) atoms.